The van der Waals surface area contributed by atoms with Crippen LogP contribution in [-0.4, -0.2) is 35.2 Å². The van der Waals surface area contributed by atoms with Crippen molar-refractivity contribution in [1.82, 2.24) is 15.0 Å². The van der Waals surface area contributed by atoms with Crippen LogP contribution in [-0.2, 0) is 4.74 Å². The molecule has 0 aliphatic carbocycles. The maximum Gasteiger partial charge on any atom is 0.154 e. The number of pyridine rings is 1. The molecule has 0 aliphatic heterocycles. The molecule has 3 rings (SSSR count). The summed E-state index contributed by atoms with van der Waals surface area (Å²) in [5, 5.41) is 3.26. The fraction of sp³-hybridized carbons (Fsp3) is 0.333. The molecule has 5 nitrogen and oxygen atoms in total. The minimum atomic E-state index is 0.493. The molecule has 2 aromatic heterocycles. The van der Waals surface area contributed by atoms with Crippen molar-refractivity contribution in [2.45, 2.75) is 19.8 Å². The normalized spacial score (nSPS) is 11.3. The zero-order valence-corrected chi connectivity index (χ0v) is 13.8. The van der Waals surface area contributed by atoms with Crippen LogP contribution in [0.1, 0.15) is 25.3 Å². The second-order valence-electron chi connectivity index (χ2n) is 5.84. The van der Waals surface area contributed by atoms with E-state index in [4.69, 9.17) is 9.72 Å². The van der Waals surface area contributed by atoms with Crippen molar-refractivity contribution in [1.29, 1.82) is 0 Å². The van der Waals surface area contributed by atoms with Crippen LogP contribution in [0.5, 0.6) is 0 Å². The average molecular weight is 310 g/mol. The Morgan fingerprint density at radius 2 is 2.13 bits per heavy atom. The van der Waals surface area contributed by atoms with E-state index in [-0.39, 0.29) is 0 Å². The Hall–Kier alpha value is -2.40. The van der Waals surface area contributed by atoms with E-state index in [1.54, 1.807) is 13.3 Å². The van der Waals surface area contributed by atoms with Crippen LogP contribution in [0, 0.1) is 0 Å². The summed E-state index contributed by atoms with van der Waals surface area (Å²) in [4.78, 5) is 12.5. The second-order valence-corrected chi connectivity index (χ2v) is 5.84. The standard InChI is InChI=1S/C18H22N4O/c1-12(2)13-5-4-6-14(11-13)17-21-15-7-8-19-18(16(15)22-17)20-9-10-23-3/h4-8,11-12H,9-10H2,1-3H3,(H,19,20)(H,21,22). The largest absolute Gasteiger partial charge is 0.383 e. The van der Waals surface area contributed by atoms with Gasteiger partial charge in [0, 0.05) is 25.4 Å². The van der Waals surface area contributed by atoms with Gasteiger partial charge in [-0.2, -0.15) is 0 Å². The average Bonchev–Trinajstić information content (AvgIpc) is 3.00. The third-order valence-corrected chi connectivity index (χ3v) is 3.83. The third-order valence-electron chi connectivity index (χ3n) is 3.83. The van der Waals surface area contributed by atoms with Crippen molar-refractivity contribution >= 4 is 16.9 Å². The van der Waals surface area contributed by atoms with Gasteiger partial charge in [0.15, 0.2) is 5.82 Å². The first-order valence-electron chi connectivity index (χ1n) is 7.87. The smallest absolute Gasteiger partial charge is 0.154 e. The van der Waals surface area contributed by atoms with E-state index in [1.807, 2.05) is 6.07 Å². The molecule has 0 spiro atoms. The molecular weight excluding hydrogens is 288 g/mol. The molecule has 0 saturated carbocycles. The van der Waals surface area contributed by atoms with Gasteiger partial charge < -0.3 is 15.0 Å². The summed E-state index contributed by atoms with van der Waals surface area (Å²) >= 11 is 0. The summed E-state index contributed by atoms with van der Waals surface area (Å²) in [6.45, 7) is 5.72. The number of fused-ring (bicyclic) bond motifs is 1. The number of hydrogen-bond donors (Lipinski definition) is 2. The Kier molecular flexibility index (Phi) is 4.57. The third kappa shape index (κ3) is 3.35. The van der Waals surface area contributed by atoms with Gasteiger partial charge in [-0.25, -0.2) is 9.97 Å². The second kappa shape index (κ2) is 6.79. The van der Waals surface area contributed by atoms with Crippen molar-refractivity contribution < 1.29 is 4.74 Å². The quantitative estimate of drug-likeness (QED) is 0.680. The monoisotopic (exact) mass is 310 g/mol. The number of benzene rings is 1. The Morgan fingerprint density at radius 1 is 1.26 bits per heavy atom. The van der Waals surface area contributed by atoms with Crippen LogP contribution in [0.15, 0.2) is 36.5 Å². The SMILES string of the molecule is COCCNc1nccc2[nH]c(-c3cccc(C(C)C)c3)nc12. The predicted molar refractivity (Wildman–Crippen MR) is 93.8 cm³/mol. The lowest BCUT2D eigenvalue weighted by molar-refractivity contribution is 0.210. The molecule has 23 heavy (non-hydrogen) atoms. The summed E-state index contributed by atoms with van der Waals surface area (Å²) in [6, 6.07) is 10.4. The van der Waals surface area contributed by atoms with Gasteiger partial charge in [0.2, 0.25) is 0 Å². The van der Waals surface area contributed by atoms with E-state index < -0.39 is 0 Å². The number of aromatic nitrogens is 3. The number of anilines is 1. The lowest BCUT2D eigenvalue weighted by Crippen LogP contribution is -2.08. The molecule has 2 N–H and O–H groups in total. The lowest BCUT2D eigenvalue weighted by Gasteiger charge is -2.06. The highest BCUT2D eigenvalue weighted by Crippen LogP contribution is 2.26. The number of methoxy groups -OCH3 is 1. The lowest BCUT2D eigenvalue weighted by atomic mass is 10.0. The van der Waals surface area contributed by atoms with E-state index in [9.17, 15) is 0 Å². The summed E-state index contributed by atoms with van der Waals surface area (Å²) in [5.41, 5.74) is 4.23. The van der Waals surface area contributed by atoms with Gasteiger partial charge in [0.1, 0.15) is 11.3 Å². The highest BCUT2D eigenvalue weighted by Gasteiger charge is 2.10. The minimum Gasteiger partial charge on any atom is -0.383 e. The number of H-pyrrole nitrogens is 1. The van der Waals surface area contributed by atoms with Gasteiger partial charge in [-0.3, -0.25) is 0 Å². The van der Waals surface area contributed by atoms with Crippen molar-refractivity contribution in [3.8, 4) is 11.4 Å². The van der Waals surface area contributed by atoms with Gasteiger partial charge in [0.25, 0.3) is 0 Å². The predicted octanol–water partition coefficient (Wildman–Crippen LogP) is 3.81. The summed E-state index contributed by atoms with van der Waals surface area (Å²) in [5.74, 6) is 2.14. The van der Waals surface area contributed by atoms with Crippen LogP contribution in [0.3, 0.4) is 0 Å². The Balaban J connectivity index is 1.96. The van der Waals surface area contributed by atoms with E-state index in [0.717, 1.165) is 28.2 Å². The molecule has 0 fully saturated rings. The van der Waals surface area contributed by atoms with Gasteiger partial charge in [-0.1, -0.05) is 32.0 Å². The number of ether oxygens (including phenoxy) is 1. The minimum absolute atomic E-state index is 0.493. The molecule has 2 heterocycles. The molecule has 5 heteroatoms. The van der Waals surface area contributed by atoms with E-state index >= 15 is 0 Å². The van der Waals surface area contributed by atoms with Crippen molar-refractivity contribution in [2.24, 2.45) is 0 Å². The molecule has 0 saturated heterocycles. The molecule has 0 radical (unpaired) electrons. The molecule has 0 amide bonds. The van der Waals surface area contributed by atoms with E-state index in [0.29, 0.717) is 19.1 Å². The van der Waals surface area contributed by atoms with Gasteiger partial charge in [-0.15, -0.1) is 0 Å². The fourth-order valence-electron chi connectivity index (χ4n) is 2.52. The summed E-state index contributed by atoms with van der Waals surface area (Å²) in [7, 11) is 1.68. The van der Waals surface area contributed by atoms with Gasteiger partial charge in [0.05, 0.1) is 12.1 Å². The first-order valence-corrected chi connectivity index (χ1v) is 7.87. The van der Waals surface area contributed by atoms with Crippen molar-refractivity contribution in [3.63, 3.8) is 0 Å². The first-order chi connectivity index (χ1) is 11.2. The molecular formula is C18H22N4O. The zero-order valence-electron chi connectivity index (χ0n) is 13.8. The van der Waals surface area contributed by atoms with Crippen molar-refractivity contribution in [2.75, 3.05) is 25.6 Å². The number of hydrogen-bond acceptors (Lipinski definition) is 4. The van der Waals surface area contributed by atoms with Crippen LogP contribution in [0.2, 0.25) is 0 Å². The van der Waals surface area contributed by atoms with Gasteiger partial charge >= 0.3 is 0 Å². The summed E-state index contributed by atoms with van der Waals surface area (Å²) in [6.07, 6.45) is 1.78. The maximum absolute atomic E-state index is 5.07. The molecule has 0 atom stereocenters. The molecule has 1 aromatic carbocycles. The zero-order chi connectivity index (χ0) is 16.2. The van der Waals surface area contributed by atoms with Crippen molar-refractivity contribution in [3.05, 3.63) is 42.1 Å². The van der Waals surface area contributed by atoms with Crippen LogP contribution >= 0.6 is 0 Å². The number of aromatic amines is 1. The Bertz CT molecular complexity index is 795. The molecule has 3 aromatic rings. The number of nitrogens with one attached hydrogen (secondary N) is 2. The topological polar surface area (TPSA) is 62.8 Å². The molecule has 0 aliphatic rings. The van der Waals surface area contributed by atoms with Crippen LogP contribution < -0.4 is 5.32 Å². The highest BCUT2D eigenvalue weighted by atomic mass is 16.5. The van der Waals surface area contributed by atoms with E-state index in [1.165, 1.54) is 5.56 Å². The molecule has 0 unspecified atom stereocenters. The number of rotatable bonds is 6. The van der Waals surface area contributed by atoms with Gasteiger partial charge in [-0.05, 0) is 23.6 Å². The maximum atomic E-state index is 5.07. The Morgan fingerprint density at radius 3 is 2.91 bits per heavy atom. The van der Waals surface area contributed by atoms with E-state index in [2.05, 4.69) is 53.4 Å². The van der Waals surface area contributed by atoms with Crippen LogP contribution in [0.4, 0.5) is 5.82 Å². The Labute approximate surface area is 136 Å². The molecule has 0 bridgehead atoms. The first kappa shape index (κ1) is 15.5. The number of imidazole rings is 1. The fourth-order valence-corrected chi connectivity index (χ4v) is 2.52. The highest BCUT2D eigenvalue weighted by molar-refractivity contribution is 5.88. The molecule has 120 valence electrons. The van der Waals surface area contributed by atoms with Crippen LogP contribution in [0.25, 0.3) is 22.4 Å². The summed E-state index contributed by atoms with van der Waals surface area (Å²) < 4.78 is 5.07. The number of nitrogens with zero attached hydrogens (tertiary/aromatic N) is 2.